The predicted molar refractivity (Wildman–Crippen MR) is 56.1 cm³/mol. The van der Waals surface area contributed by atoms with Gasteiger partial charge in [-0.25, -0.2) is 0 Å². The number of allylic oxidation sites excluding steroid dienone is 2. The van der Waals surface area contributed by atoms with Crippen LogP contribution >= 0.6 is 0 Å². The van der Waals surface area contributed by atoms with Crippen molar-refractivity contribution in [3.8, 4) is 0 Å². The number of carbonyl (C=O) groups is 1. The van der Waals surface area contributed by atoms with Crippen molar-refractivity contribution >= 4 is 6.47 Å². The summed E-state index contributed by atoms with van der Waals surface area (Å²) < 4.78 is 4.44. The minimum absolute atomic E-state index is 0.118. The van der Waals surface area contributed by atoms with Gasteiger partial charge in [-0.3, -0.25) is 14.9 Å². The van der Waals surface area contributed by atoms with Crippen molar-refractivity contribution in [3.63, 3.8) is 0 Å². The van der Waals surface area contributed by atoms with Crippen molar-refractivity contribution in [2.75, 3.05) is 6.61 Å². The summed E-state index contributed by atoms with van der Waals surface area (Å²) in [5.41, 5.74) is 0. The molecular formula is C10H17NO4. The maximum absolute atomic E-state index is 10.6. The Bertz CT molecular complexity index is 215. The third-order valence-corrected chi connectivity index (χ3v) is 2.00. The van der Waals surface area contributed by atoms with Gasteiger partial charge < -0.3 is 4.74 Å². The van der Waals surface area contributed by atoms with Gasteiger partial charge >= 0.3 is 0 Å². The molecule has 0 N–H and O–H groups in total. The van der Waals surface area contributed by atoms with Crippen molar-refractivity contribution in [3.05, 3.63) is 22.3 Å². The molecule has 0 aromatic rings. The van der Waals surface area contributed by atoms with Gasteiger partial charge in [0, 0.05) is 17.8 Å². The van der Waals surface area contributed by atoms with Gasteiger partial charge in [0.25, 0.3) is 6.47 Å². The highest BCUT2D eigenvalue weighted by molar-refractivity contribution is 5.36. The van der Waals surface area contributed by atoms with E-state index in [1.54, 1.807) is 0 Å². The smallest absolute Gasteiger partial charge is 0.293 e. The Labute approximate surface area is 89.3 Å². The van der Waals surface area contributed by atoms with Crippen LogP contribution in [0.1, 0.15) is 32.6 Å². The van der Waals surface area contributed by atoms with Crippen LogP contribution < -0.4 is 0 Å². The Kier molecular flexibility index (Phi) is 8.33. The monoisotopic (exact) mass is 215 g/mol. The van der Waals surface area contributed by atoms with Crippen molar-refractivity contribution in [1.29, 1.82) is 0 Å². The van der Waals surface area contributed by atoms with Crippen molar-refractivity contribution < 1.29 is 14.5 Å². The SMILES string of the molecule is CC/C=C\CCC(CCOC=O)[N+](=O)[O-]. The van der Waals surface area contributed by atoms with Gasteiger partial charge in [-0.2, -0.15) is 0 Å². The van der Waals surface area contributed by atoms with E-state index in [4.69, 9.17) is 0 Å². The summed E-state index contributed by atoms with van der Waals surface area (Å²) in [6.07, 6.45) is 6.34. The van der Waals surface area contributed by atoms with Gasteiger partial charge in [0.05, 0.1) is 6.61 Å². The van der Waals surface area contributed by atoms with E-state index in [2.05, 4.69) is 4.74 Å². The minimum Gasteiger partial charge on any atom is -0.468 e. The normalized spacial score (nSPS) is 12.6. The molecule has 0 saturated heterocycles. The molecule has 5 nitrogen and oxygen atoms in total. The van der Waals surface area contributed by atoms with Crippen LogP contribution in [0.5, 0.6) is 0 Å². The molecule has 0 bridgehead atoms. The summed E-state index contributed by atoms with van der Waals surface area (Å²) in [6, 6.07) is -0.619. The predicted octanol–water partition coefficient (Wildman–Crippen LogP) is 1.94. The first-order valence-corrected chi connectivity index (χ1v) is 5.06. The summed E-state index contributed by atoms with van der Waals surface area (Å²) in [7, 11) is 0. The van der Waals surface area contributed by atoms with Gasteiger partial charge in [-0.1, -0.05) is 19.1 Å². The van der Waals surface area contributed by atoms with E-state index in [1.807, 2.05) is 19.1 Å². The molecule has 0 rings (SSSR count). The molecular weight excluding hydrogens is 198 g/mol. The fourth-order valence-corrected chi connectivity index (χ4v) is 1.18. The lowest BCUT2D eigenvalue weighted by Gasteiger charge is -2.06. The summed E-state index contributed by atoms with van der Waals surface area (Å²) >= 11 is 0. The van der Waals surface area contributed by atoms with Crippen LogP contribution in [-0.4, -0.2) is 24.0 Å². The maximum atomic E-state index is 10.6. The van der Waals surface area contributed by atoms with Gasteiger partial charge in [-0.15, -0.1) is 0 Å². The molecule has 0 radical (unpaired) electrons. The number of ether oxygens (including phenoxy) is 1. The van der Waals surface area contributed by atoms with Crippen LogP contribution in [0.15, 0.2) is 12.2 Å². The lowest BCUT2D eigenvalue weighted by Crippen LogP contribution is -2.21. The highest BCUT2D eigenvalue weighted by atomic mass is 16.6. The van der Waals surface area contributed by atoms with E-state index in [0.29, 0.717) is 19.3 Å². The zero-order chi connectivity index (χ0) is 11.5. The number of hydrogen-bond donors (Lipinski definition) is 0. The Balaban J connectivity index is 3.78. The zero-order valence-electron chi connectivity index (χ0n) is 8.93. The van der Waals surface area contributed by atoms with Gasteiger partial charge in [0.1, 0.15) is 0 Å². The molecule has 1 unspecified atom stereocenters. The second-order valence-electron chi connectivity index (χ2n) is 3.15. The minimum atomic E-state index is -0.619. The molecule has 5 heteroatoms. The van der Waals surface area contributed by atoms with Gasteiger partial charge in [0.15, 0.2) is 0 Å². The van der Waals surface area contributed by atoms with Crippen LogP contribution in [-0.2, 0) is 9.53 Å². The fourth-order valence-electron chi connectivity index (χ4n) is 1.18. The first kappa shape index (κ1) is 13.6. The topological polar surface area (TPSA) is 69.4 Å². The summed E-state index contributed by atoms with van der Waals surface area (Å²) in [4.78, 5) is 20.1. The first-order chi connectivity index (χ1) is 7.22. The Morgan fingerprint density at radius 2 is 2.13 bits per heavy atom. The number of nitrogens with zero attached hydrogens (tertiary/aromatic N) is 1. The summed E-state index contributed by atoms with van der Waals surface area (Å²) in [6.45, 7) is 2.44. The molecule has 0 spiro atoms. The molecule has 86 valence electrons. The lowest BCUT2D eigenvalue weighted by molar-refractivity contribution is -0.524. The van der Waals surface area contributed by atoms with E-state index in [9.17, 15) is 14.9 Å². The number of hydrogen-bond acceptors (Lipinski definition) is 4. The van der Waals surface area contributed by atoms with E-state index < -0.39 is 6.04 Å². The van der Waals surface area contributed by atoms with Crippen molar-refractivity contribution in [1.82, 2.24) is 0 Å². The average Bonchev–Trinajstić information content (AvgIpc) is 2.21. The molecule has 1 atom stereocenters. The molecule has 0 aliphatic carbocycles. The molecule has 0 fully saturated rings. The van der Waals surface area contributed by atoms with Crippen LogP contribution in [0.25, 0.3) is 0 Å². The van der Waals surface area contributed by atoms with Crippen LogP contribution in [0, 0.1) is 10.1 Å². The summed E-state index contributed by atoms with van der Waals surface area (Å²) in [5.74, 6) is 0. The molecule has 0 aliphatic rings. The first-order valence-electron chi connectivity index (χ1n) is 5.06. The molecule has 0 aromatic heterocycles. The number of rotatable bonds is 9. The van der Waals surface area contributed by atoms with Crippen molar-refractivity contribution in [2.24, 2.45) is 0 Å². The second kappa shape index (κ2) is 9.18. The molecule has 0 heterocycles. The third-order valence-electron chi connectivity index (χ3n) is 2.00. The Hall–Kier alpha value is -1.39. The molecule has 0 aromatic carbocycles. The fraction of sp³-hybridized carbons (Fsp3) is 0.700. The van der Waals surface area contributed by atoms with E-state index in [-0.39, 0.29) is 18.0 Å². The second-order valence-corrected chi connectivity index (χ2v) is 3.15. The summed E-state index contributed by atoms with van der Waals surface area (Å²) in [5, 5.41) is 10.6. The van der Waals surface area contributed by atoms with E-state index in [1.165, 1.54) is 0 Å². The highest BCUT2D eigenvalue weighted by Gasteiger charge is 2.18. The van der Waals surface area contributed by atoms with Gasteiger partial charge in [-0.05, 0) is 12.8 Å². The zero-order valence-corrected chi connectivity index (χ0v) is 8.93. The highest BCUT2D eigenvalue weighted by Crippen LogP contribution is 2.07. The molecule has 0 saturated carbocycles. The standard InChI is InChI=1S/C10H17NO4/c1-2-3-4-5-6-10(11(13)14)7-8-15-9-12/h3-4,9-10H,2,5-8H2,1H3/b4-3-. The third kappa shape index (κ3) is 7.66. The van der Waals surface area contributed by atoms with Crippen molar-refractivity contribution in [2.45, 2.75) is 38.6 Å². The molecule has 0 aliphatic heterocycles. The quantitative estimate of drug-likeness (QED) is 0.194. The maximum Gasteiger partial charge on any atom is 0.293 e. The molecule has 0 amide bonds. The van der Waals surface area contributed by atoms with Crippen LogP contribution in [0.4, 0.5) is 0 Å². The number of carbonyl (C=O) groups excluding carboxylic acids is 1. The van der Waals surface area contributed by atoms with Gasteiger partial charge in [0.2, 0.25) is 6.04 Å². The van der Waals surface area contributed by atoms with Crippen LogP contribution in [0.3, 0.4) is 0 Å². The Morgan fingerprint density at radius 1 is 1.40 bits per heavy atom. The number of nitro groups is 1. The Morgan fingerprint density at radius 3 is 2.67 bits per heavy atom. The average molecular weight is 215 g/mol. The lowest BCUT2D eigenvalue weighted by atomic mass is 10.1. The van der Waals surface area contributed by atoms with Crippen LogP contribution in [0.2, 0.25) is 0 Å². The van der Waals surface area contributed by atoms with E-state index in [0.717, 1.165) is 6.42 Å². The molecule has 15 heavy (non-hydrogen) atoms. The van der Waals surface area contributed by atoms with E-state index >= 15 is 0 Å². The largest absolute Gasteiger partial charge is 0.468 e.